The van der Waals surface area contributed by atoms with E-state index in [1.54, 1.807) is 11.3 Å². The van der Waals surface area contributed by atoms with Gasteiger partial charge >= 0.3 is 0 Å². The van der Waals surface area contributed by atoms with Crippen molar-refractivity contribution < 1.29 is 14.3 Å². The van der Waals surface area contributed by atoms with Crippen LogP contribution in [0.3, 0.4) is 0 Å². The van der Waals surface area contributed by atoms with Crippen molar-refractivity contribution in [1.29, 1.82) is 0 Å². The monoisotopic (exact) mass is 495 g/mol. The number of thiophene rings is 2. The van der Waals surface area contributed by atoms with Crippen LogP contribution in [0.15, 0.2) is 52.2 Å². The molecule has 5 rings (SSSR count). The molecule has 0 saturated carbocycles. The Hall–Kier alpha value is -3.17. The molecular weight excluding hydrogens is 470 g/mol. The maximum atomic E-state index is 13.2. The minimum atomic E-state index is -0.248. The maximum absolute atomic E-state index is 13.2. The van der Waals surface area contributed by atoms with Gasteiger partial charge in [-0.3, -0.25) is 14.2 Å². The highest BCUT2D eigenvalue weighted by Gasteiger charge is 2.22. The van der Waals surface area contributed by atoms with Gasteiger partial charge in [0, 0.05) is 22.2 Å². The number of amides is 1. The second-order valence-electron chi connectivity index (χ2n) is 8.53. The summed E-state index contributed by atoms with van der Waals surface area (Å²) >= 11 is 3.01. The van der Waals surface area contributed by atoms with Crippen molar-refractivity contribution >= 4 is 38.8 Å². The molecule has 4 heterocycles. The lowest BCUT2D eigenvalue weighted by molar-refractivity contribution is -0.122. The number of fused-ring (bicyclic) bond motifs is 2. The molecule has 1 aromatic carbocycles. The first-order valence-electron chi connectivity index (χ1n) is 11.2. The Morgan fingerprint density at radius 2 is 2.00 bits per heavy atom. The number of hydrogen-bond acceptors (Lipinski definition) is 7. The van der Waals surface area contributed by atoms with Crippen LogP contribution in [0.5, 0.6) is 11.5 Å². The van der Waals surface area contributed by atoms with E-state index >= 15 is 0 Å². The van der Waals surface area contributed by atoms with E-state index < -0.39 is 0 Å². The lowest BCUT2D eigenvalue weighted by Crippen LogP contribution is -2.36. The third-order valence-electron chi connectivity index (χ3n) is 5.78. The summed E-state index contributed by atoms with van der Waals surface area (Å²) in [5.41, 5.74) is 1.60. The molecule has 7 nitrogen and oxygen atoms in total. The first-order chi connectivity index (χ1) is 16.5. The molecule has 0 fully saturated rings. The molecule has 0 radical (unpaired) electrons. The van der Waals surface area contributed by atoms with Gasteiger partial charge in [0.1, 0.15) is 11.4 Å². The van der Waals surface area contributed by atoms with Crippen molar-refractivity contribution in [1.82, 2.24) is 14.9 Å². The highest BCUT2D eigenvalue weighted by molar-refractivity contribution is 7.18. The third kappa shape index (κ3) is 4.45. The fourth-order valence-corrected chi connectivity index (χ4v) is 5.80. The van der Waals surface area contributed by atoms with Crippen LogP contribution in [0.1, 0.15) is 31.9 Å². The van der Waals surface area contributed by atoms with E-state index in [0.717, 1.165) is 28.2 Å². The lowest BCUT2D eigenvalue weighted by Gasteiger charge is -2.24. The molecule has 1 aliphatic heterocycles. The van der Waals surface area contributed by atoms with Gasteiger partial charge in [0.25, 0.3) is 5.56 Å². The number of nitrogens with zero attached hydrogens (tertiary/aromatic N) is 2. The number of ether oxygens (including phenoxy) is 2. The Bertz CT molecular complexity index is 1370. The second kappa shape index (κ2) is 9.60. The van der Waals surface area contributed by atoms with Crippen molar-refractivity contribution in [3.05, 3.63) is 63.3 Å². The van der Waals surface area contributed by atoms with Gasteiger partial charge in [0.2, 0.25) is 5.91 Å². The summed E-state index contributed by atoms with van der Waals surface area (Å²) in [4.78, 5) is 32.4. The van der Waals surface area contributed by atoms with E-state index in [4.69, 9.17) is 9.47 Å². The number of carbonyl (C=O) groups is 1. The van der Waals surface area contributed by atoms with Gasteiger partial charge in [0.15, 0.2) is 11.5 Å². The van der Waals surface area contributed by atoms with Crippen LogP contribution in [-0.2, 0) is 11.3 Å². The van der Waals surface area contributed by atoms with Crippen molar-refractivity contribution in [2.75, 3.05) is 13.2 Å². The van der Waals surface area contributed by atoms with Crippen LogP contribution in [0.4, 0.5) is 0 Å². The van der Waals surface area contributed by atoms with Crippen LogP contribution < -0.4 is 20.3 Å². The zero-order valence-corrected chi connectivity index (χ0v) is 20.6. The predicted molar refractivity (Wildman–Crippen MR) is 135 cm³/mol. The first kappa shape index (κ1) is 22.6. The number of aromatic nitrogens is 2. The third-order valence-corrected chi connectivity index (χ3v) is 7.56. The lowest BCUT2D eigenvalue weighted by atomic mass is 9.95. The number of hydrogen-bond donors (Lipinski definition) is 1. The molecule has 3 aromatic heterocycles. The highest BCUT2D eigenvalue weighted by Crippen LogP contribution is 2.35. The van der Waals surface area contributed by atoms with E-state index in [9.17, 15) is 9.59 Å². The van der Waals surface area contributed by atoms with Crippen LogP contribution in [0.2, 0.25) is 0 Å². The van der Waals surface area contributed by atoms with Gasteiger partial charge in [-0.05, 0) is 35.1 Å². The summed E-state index contributed by atoms with van der Waals surface area (Å²) in [6.07, 6.45) is 2.29. The van der Waals surface area contributed by atoms with E-state index in [-0.39, 0.29) is 30.0 Å². The minimum absolute atomic E-state index is 0.102. The van der Waals surface area contributed by atoms with E-state index in [1.165, 1.54) is 22.2 Å². The molecule has 1 aliphatic rings. The van der Waals surface area contributed by atoms with Crippen molar-refractivity contribution in [3.63, 3.8) is 0 Å². The van der Waals surface area contributed by atoms with Gasteiger partial charge in [-0.25, -0.2) is 4.98 Å². The zero-order valence-electron chi connectivity index (χ0n) is 18.9. The molecule has 1 atom stereocenters. The van der Waals surface area contributed by atoms with Gasteiger partial charge < -0.3 is 14.8 Å². The summed E-state index contributed by atoms with van der Waals surface area (Å²) in [5.74, 6) is 1.30. The first-order valence-corrected chi connectivity index (χ1v) is 13.0. The van der Waals surface area contributed by atoms with E-state index in [1.807, 2.05) is 54.9 Å². The molecule has 0 aliphatic carbocycles. The molecular formula is C25H25N3O4S2. The Morgan fingerprint density at radius 3 is 2.76 bits per heavy atom. The molecule has 34 heavy (non-hydrogen) atoms. The van der Waals surface area contributed by atoms with E-state index in [0.29, 0.717) is 29.2 Å². The van der Waals surface area contributed by atoms with Crippen LogP contribution in [0.25, 0.3) is 20.7 Å². The fourth-order valence-electron chi connectivity index (χ4n) is 4.08. The topological polar surface area (TPSA) is 82.5 Å². The molecule has 176 valence electrons. The molecule has 1 amide bonds. The number of carbonyl (C=O) groups excluding carboxylic acids is 1. The predicted octanol–water partition coefficient (Wildman–Crippen LogP) is 4.86. The van der Waals surface area contributed by atoms with E-state index in [2.05, 4.69) is 10.3 Å². The maximum Gasteiger partial charge on any atom is 0.263 e. The average Bonchev–Trinajstić information content (AvgIpc) is 3.44. The standard InChI is InChI=1S/C25H25N3O4S2/c1-15(2)23(16-6-7-18-19(11-16)32-9-4-8-31-18)27-21(29)12-28-14-26-24-22(25(28)30)17(13-34-24)20-5-3-10-33-20/h3,5-7,10-11,13-15,23H,4,8-9,12H2,1-2H3,(H,27,29). The molecule has 1 N–H and O–H groups in total. The molecule has 1 unspecified atom stereocenters. The highest BCUT2D eigenvalue weighted by atomic mass is 32.1. The normalized spacial score (nSPS) is 14.2. The number of nitrogens with one attached hydrogen (secondary N) is 1. The second-order valence-corrected chi connectivity index (χ2v) is 10.3. The quantitative estimate of drug-likeness (QED) is 0.413. The molecule has 0 bridgehead atoms. The summed E-state index contributed by atoms with van der Waals surface area (Å²) < 4.78 is 12.9. The Balaban J connectivity index is 1.38. The summed E-state index contributed by atoms with van der Waals surface area (Å²) in [6.45, 7) is 5.22. The van der Waals surface area contributed by atoms with Gasteiger partial charge in [-0.15, -0.1) is 22.7 Å². The van der Waals surface area contributed by atoms with Crippen molar-refractivity contribution in [2.45, 2.75) is 32.9 Å². The van der Waals surface area contributed by atoms with Crippen LogP contribution >= 0.6 is 22.7 Å². The van der Waals surface area contributed by atoms with Crippen LogP contribution in [-0.4, -0.2) is 28.7 Å². The molecule has 0 saturated heterocycles. The fraction of sp³-hybridized carbons (Fsp3) is 0.320. The number of rotatable bonds is 6. The Labute approximate surface area is 205 Å². The molecule has 0 spiro atoms. The van der Waals surface area contributed by atoms with Crippen LogP contribution in [0, 0.1) is 5.92 Å². The number of benzene rings is 1. The SMILES string of the molecule is CC(C)C(NC(=O)Cn1cnc2scc(-c3cccs3)c2c1=O)c1ccc2c(c1)OCCCO2. The van der Waals surface area contributed by atoms with Crippen molar-refractivity contribution in [3.8, 4) is 21.9 Å². The Morgan fingerprint density at radius 1 is 1.18 bits per heavy atom. The van der Waals surface area contributed by atoms with Gasteiger partial charge in [0.05, 0.1) is 31.0 Å². The summed E-state index contributed by atoms with van der Waals surface area (Å²) in [7, 11) is 0. The molecule has 4 aromatic rings. The minimum Gasteiger partial charge on any atom is -0.490 e. The summed E-state index contributed by atoms with van der Waals surface area (Å²) in [6, 6.07) is 9.49. The smallest absolute Gasteiger partial charge is 0.263 e. The largest absolute Gasteiger partial charge is 0.490 e. The van der Waals surface area contributed by atoms with Gasteiger partial charge in [-0.1, -0.05) is 26.0 Å². The zero-order chi connectivity index (χ0) is 23.7. The van der Waals surface area contributed by atoms with Gasteiger partial charge in [-0.2, -0.15) is 0 Å². The van der Waals surface area contributed by atoms with Crippen molar-refractivity contribution in [2.24, 2.45) is 5.92 Å². The summed E-state index contributed by atoms with van der Waals surface area (Å²) in [5, 5.41) is 7.59. The molecule has 9 heteroatoms. The Kier molecular flexibility index (Phi) is 6.38. The average molecular weight is 496 g/mol.